The van der Waals surface area contributed by atoms with E-state index in [1.807, 2.05) is 6.92 Å². The molecule has 6 heterocycles. The molecule has 1 spiro atoms. The van der Waals surface area contributed by atoms with Gasteiger partial charge in [0.2, 0.25) is 0 Å². The number of ether oxygens (including phenoxy) is 2. The Labute approximate surface area is 309 Å². The Morgan fingerprint density at radius 3 is 2.76 bits per heavy atom. The van der Waals surface area contributed by atoms with Gasteiger partial charge in [-0.15, -0.1) is 0 Å². The van der Waals surface area contributed by atoms with Gasteiger partial charge >= 0.3 is 11.9 Å². The van der Waals surface area contributed by atoms with Crippen LogP contribution in [0.2, 0.25) is 0 Å². The van der Waals surface area contributed by atoms with Gasteiger partial charge in [-0.05, 0) is 106 Å². The predicted octanol–water partition coefficient (Wildman–Crippen LogP) is 7.20. The number of hydrogen-bond donors (Lipinski definition) is 4. The number of hydrogen-bond acceptors (Lipinski definition) is 10. The zero-order valence-corrected chi connectivity index (χ0v) is 31.7. The molecule has 5 aliphatic carbocycles. The van der Waals surface area contributed by atoms with Crippen LogP contribution in [0.1, 0.15) is 91.4 Å². The number of carbonyl (C=O) groups excluding carboxylic acids is 2. The molecule has 51 heavy (non-hydrogen) atoms. The van der Waals surface area contributed by atoms with Crippen molar-refractivity contribution in [2.75, 3.05) is 13.1 Å². The molecule has 0 unspecified atom stereocenters. The van der Waals surface area contributed by atoms with Crippen molar-refractivity contribution in [1.29, 1.82) is 0 Å². The number of rotatable bonds is 5. The Morgan fingerprint density at radius 2 is 1.96 bits per heavy atom. The van der Waals surface area contributed by atoms with Gasteiger partial charge in [0, 0.05) is 35.7 Å². The van der Waals surface area contributed by atoms with Crippen LogP contribution < -0.4 is 16.0 Å². The van der Waals surface area contributed by atoms with Crippen LogP contribution in [0.25, 0.3) is 0 Å². The van der Waals surface area contributed by atoms with E-state index in [-0.39, 0.29) is 51.8 Å². The maximum Gasteiger partial charge on any atom is 0.340 e. The summed E-state index contributed by atoms with van der Waals surface area (Å²) in [5.74, 6) is 2.68. The highest BCUT2D eigenvalue weighted by Gasteiger charge is 2.68. The molecule has 0 amide bonds. The van der Waals surface area contributed by atoms with E-state index in [0.717, 1.165) is 91.1 Å². The maximum atomic E-state index is 14.4. The van der Waals surface area contributed by atoms with E-state index >= 15 is 0 Å². The van der Waals surface area contributed by atoms with Gasteiger partial charge in [0.1, 0.15) is 22.7 Å². The van der Waals surface area contributed by atoms with Crippen LogP contribution in [0.5, 0.6) is 0 Å². The van der Waals surface area contributed by atoms with E-state index in [4.69, 9.17) is 9.47 Å². The fourth-order valence-corrected chi connectivity index (χ4v) is 13.9. The van der Waals surface area contributed by atoms with Crippen molar-refractivity contribution < 1.29 is 24.2 Å². The molecular weight excluding hydrogens is 679 g/mol. The van der Waals surface area contributed by atoms with Crippen LogP contribution in [0, 0.1) is 34.5 Å². The molecule has 0 aromatic rings. The number of allylic oxidation sites excluding steroid dienone is 8. The van der Waals surface area contributed by atoms with Gasteiger partial charge < -0.3 is 30.5 Å². The third kappa shape index (κ3) is 5.47. The molecule has 2 saturated carbocycles. The minimum atomic E-state index is -0.672. The second-order valence-corrected chi connectivity index (χ2v) is 19.0. The molecule has 4 N–H and O–H groups in total. The van der Waals surface area contributed by atoms with Crippen LogP contribution in [-0.4, -0.2) is 47.0 Å². The van der Waals surface area contributed by atoms with Crippen LogP contribution in [0.4, 0.5) is 0 Å². The van der Waals surface area contributed by atoms with Crippen LogP contribution in [0.15, 0.2) is 81.2 Å². The summed E-state index contributed by atoms with van der Waals surface area (Å²) in [4.78, 5) is 28.6. The lowest BCUT2D eigenvalue weighted by molar-refractivity contribution is -0.135. The number of cyclic esters (lactones) is 1. The Hall–Kier alpha value is -2.66. The Kier molecular flexibility index (Phi) is 8.72. The standard InChI is InChI=1S/C41H51N3O5S2/c1-4-40(15-5-6-16-40)20-30-28-9-8-27-26-13-17-41(34(27)33(28)38(46)48-30)31-11-7-22(2)37(43-21-23(3)45)51-50-32-12-10-25-24(14-18-42-36(25)44-32)19-29(26)35(41)39(47)49-31/h10-12,14,20,22-23,26-27,32,34,37,42-45H,4-9,13,15-19,21H2,1-3H3/b30-20-,31-11-/t22-,23-,26-,27-,32+,34+,37+,41-/m0/s1. The second kappa shape index (κ2) is 13.0. The Bertz CT molecular complexity index is 1760. The monoisotopic (exact) mass is 729 g/mol. The number of fused-ring (bicyclic) bond motifs is 6. The first-order valence-corrected chi connectivity index (χ1v) is 21.7. The lowest BCUT2D eigenvalue weighted by Crippen LogP contribution is -2.52. The van der Waals surface area contributed by atoms with Gasteiger partial charge in [-0.1, -0.05) is 72.1 Å². The molecule has 10 heteroatoms. The average Bonchev–Trinajstić information content (AvgIpc) is 3.81. The number of carbonyl (C=O) groups is 2. The van der Waals surface area contributed by atoms with Gasteiger partial charge in [-0.25, -0.2) is 9.59 Å². The van der Waals surface area contributed by atoms with Gasteiger partial charge in [0.15, 0.2) is 0 Å². The van der Waals surface area contributed by atoms with Gasteiger partial charge in [-0.2, -0.15) is 0 Å². The van der Waals surface area contributed by atoms with Crippen molar-refractivity contribution >= 4 is 33.5 Å². The van der Waals surface area contributed by atoms with E-state index in [2.05, 4.69) is 60.2 Å². The number of nitrogens with one attached hydrogen (secondary N) is 3. The van der Waals surface area contributed by atoms with E-state index in [0.29, 0.717) is 19.4 Å². The van der Waals surface area contributed by atoms with Crippen molar-refractivity contribution in [3.8, 4) is 0 Å². The number of aliphatic hydroxyl groups excluding tert-OH is 1. The zero-order chi connectivity index (χ0) is 35.1. The van der Waals surface area contributed by atoms with Gasteiger partial charge in [0.25, 0.3) is 0 Å². The number of dihydropyridines is 2. The van der Waals surface area contributed by atoms with Gasteiger partial charge in [-0.3, -0.25) is 0 Å². The van der Waals surface area contributed by atoms with E-state index < -0.39 is 11.5 Å². The molecule has 0 radical (unpaired) electrons. The summed E-state index contributed by atoms with van der Waals surface area (Å²) in [5.41, 5.74) is 5.81. The molecule has 6 aliphatic heterocycles. The molecule has 11 aliphatic rings. The largest absolute Gasteiger partial charge is 0.427 e. The summed E-state index contributed by atoms with van der Waals surface area (Å²) in [6, 6.07) is 0. The molecule has 9 bridgehead atoms. The fourth-order valence-electron chi connectivity index (χ4n) is 11.1. The Morgan fingerprint density at radius 1 is 1.12 bits per heavy atom. The fraction of sp³-hybridized carbons (Fsp3) is 0.610. The lowest BCUT2D eigenvalue weighted by Gasteiger charge is -2.56. The van der Waals surface area contributed by atoms with E-state index in [9.17, 15) is 14.7 Å². The molecule has 0 aromatic heterocycles. The third-order valence-electron chi connectivity index (χ3n) is 13.6. The summed E-state index contributed by atoms with van der Waals surface area (Å²) < 4.78 is 12.7. The summed E-state index contributed by atoms with van der Waals surface area (Å²) >= 11 is 0. The van der Waals surface area contributed by atoms with E-state index in [1.165, 1.54) is 24.0 Å². The first-order valence-electron chi connectivity index (χ1n) is 19.4. The van der Waals surface area contributed by atoms with Crippen molar-refractivity contribution in [2.45, 2.75) is 108 Å². The molecule has 8 atom stereocenters. The number of esters is 2. The zero-order valence-electron chi connectivity index (χ0n) is 30.0. The topological polar surface area (TPSA) is 109 Å². The minimum absolute atomic E-state index is 0.0488. The first-order chi connectivity index (χ1) is 24.7. The highest BCUT2D eigenvalue weighted by Crippen LogP contribution is 2.71. The number of aliphatic hydroxyl groups is 1. The normalized spacial score (nSPS) is 38.9. The van der Waals surface area contributed by atoms with Crippen molar-refractivity contribution in [3.63, 3.8) is 0 Å². The molecule has 3 fully saturated rings. The first kappa shape index (κ1) is 34.1. The summed E-state index contributed by atoms with van der Waals surface area (Å²) in [7, 11) is 3.57. The molecule has 0 aromatic carbocycles. The molecule has 11 rings (SSSR count). The van der Waals surface area contributed by atoms with Crippen molar-refractivity contribution in [3.05, 3.63) is 81.2 Å². The third-order valence-corrected chi connectivity index (χ3v) is 16.6. The highest BCUT2D eigenvalue weighted by atomic mass is 33.1. The van der Waals surface area contributed by atoms with Crippen LogP contribution in [-0.2, 0) is 19.1 Å². The minimum Gasteiger partial charge on any atom is -0.427 e. The summed E-state index contributed by atoms with van der Waals surface area (Å²) in [6.07, 6.45) is 21.6. The maximum absolute atomic E-state index is 14.4. The Balaban J connectivity index is 1.19. The lowest BCUT2D eigenvalue weighted by atomic mass is 9.44. The van der Waals surface area contributed by atoms with Gasteiger partial charge in [0.05, 0.1) is 22.5 Å². The second-order valence-electron chi connectivity index (χ2n) is 16.5. The molecule has 8 nitrogen and oxygen atoms in total. The quantitative estimate of drug-likeness (QED) is 0.171. The smallest absolute Gasteiger partial charge is 0.340 e. The summed E-state index contributed by atoms with van der Waals surface area (Å²) in [5, 5.41) is 21.2. The molecule has 1 saturated heterocycles. The van der Waals surface area contributed by atoms with Crippen molar-refractivity contribution in [1.82, 2.24) is 16.0 Å². The SMILES string of the molecule is CCC1(/C=C2\OC(=O)C3=C2CC[C@H]2[C@@H]4CC[C@@]5(C6=C4CC4=CCNC7=C4C=C[C@H](N7)SS[C@@H](NC[C@H](C)O)[C@@H](C)C/C=C/5OC6=O)[C@@H]32)CCCC1. The summed E-state index contributed by atoms with van der Waals surface area (Å²) in [6.45, 7) is 7.52. The van der Waals surface area contributed by atoms with Crippen molar-refractivity contribution in [2.24, 2.45) is 34.5 Å². The predicted molar refractivity (Wildman–Crippen MR) is 201 cm³/mol. The van der Waals surface area contributed by atoms with Crippen LogP contribution in [0.3, 0.4) is 0 Å². The molecular formula is C41H51N3O5S2. The molecule has 272 valence electrons. The van der Waals surface area contributed by atoms with E-state index in [1.54, 1.807) is 21.6 Å². The van der Waals surface area contributed by atoms with Crippen LogP contribution >= 0.6 is 21.6 Å². The highest BCUT2D eigenvalue weighted by molar-refractivity contribution is 8.77. The average molecular weight is 730 g/mol.